The Hall–Kier alpha value is -1.17. The van der Waals surface area contributed by atoms with Crippen molar-refractivity contribution >= 4 is 18.3 Å². The van der Waals surface area contributed by atoms with E-state index >= 15 is 0 Å². The van der Waals surface area contributed by atoms with E-state index in [1.807, 2.05) is 12.1 Å². The number of amides is 1. The molecule has 2 bridgehead atoms. The van der Waals surface area contributed by atoms with Gasteiger partial charge in [-0.2, -0.15) is 0 Å². The number of hydrogen-bond donors (Lipinski definition) is 1. The number of nitrogens with two attached hydrogens (primary N) is 1. The summed E-state index contributed by atoms with van der Waals surface area (Å²) in [5.41, 5.74) is 6.45. The zero-order valence-electron chi connectivity index (χ0n) is 13.1. The minimum atomic E-state index is -0.485. The third-order valence-electron chi connectivity index (χ3n) is 5.18. The van der Waals surface area contributed by atoms with E-state index in [4.69, 9.17) is 10.5 Å². The molecule has 3 rings (SSSR count). The third-order valence-corrected chi connectivity index (χ3v) is 5.18. The van der Waals surface area contributed by atoms with Crippen LogP contribution >= 0.6 is 12.4 Å². The lowest BCUT2D eigenvalue weighted by Crippen LogP contribution is -2.58. The molecule has 1 aliphatic heterocycles. The van der Waals surface area contributed by atoms with Crippen LogP contribution in [0.4, 0.5) is 0 Å². The molecule has 0 spiro atoms. The number of nitrogens with zero attached hydrogens (tertiary/aromatic N) is 2. The van der Waals surface area contributed by atoms with Crippen molar-refractivity contribution in [3.05, 3.63) is 29.6 Å². The van der Waals surface area contributed by atoms with E-state index in [-0.39, 0.29) is 18.0 Å². The summed E-state index contributed by atoms with van der Waals surface area (Å²) in [5.74, 6) is 0.410. The van der Waals surface area contributed by atoms with Gasteiger partial charge in [-0.1, -0.05) is 6.42 Å². The molecule has 2 atom stereocenters. The normalized spacial score (nSPS) is 31.4. The van der Waals surface area contributed by atoms with E-state index in [0.717, 1.165) is 31.5 Å². The van der Waals surface area contributed by atoms with Gasteiger partial charge in [0.05, 0.1) is 0 Å². The summed E-state index contributed by atoms with van der Waals surface area (Å²) in [4.78, 5) is 17.9. The van der Waals surface area contributed by atoms with Gasteiger partial charge in [-0.25, -0.2) is 0 Å². The molecule has 1 aromatic rings. The smallest absolute Gasteiger partial charge is 0.267 e. The third kappa shape index (κ3) is 2.62. The number of hydrogen-bond acceptors (Lipinski definition) is 4. The molecule has 1 aliphatic carbocycles. The second-order valence-corrected chi connectivity index (χ2v) is 6.34. The summed E-state index contributed by atoms with van der Waals surface area (Å²) in [6.45, 7) is 2.05. The van der Waals surface area contributed by atoms with Crippen molar-refractivity contribution in [3.8, 4) is 0 Å². The fourth-order valence-corrected chi connectivity index (χ4v) is 4.38. The predicted octanol–water partition coefficient (Wildman–Crippen LogP) is 1.81. The molecule has 122 valence electrons. The molecule has 1 saturated carbocycles. The molecule has 5 nitrogen and oxygen atoms in total. The van der Waals surface area contributed by atoms with E-state index in [2.05, 4.69) is 16.9 Å². The Morgan fingerprint density at radius 3 is 2.59 bits per heavy atom. The zero-order chi connectivity index (χ0) is 15.0. The maximum absolute atomic E-state index is 11.4. The maximum Gasteiger partial charge on any atom is 0.267 e. The molecule has 2 aliphatic rings. The molecule has 0 aromatic carbocycles. The van der Waals surface area contributed by atoms with Gasteiger partial charge in [-0.3, -0.25) is 9.78 Å². The van der Waals surface area contributed by atoms with Crippen LogP contribution in [-0.4, -0.2) is 43.0 Å². The highest BCUT2D eigenvalue weighted by Gasteiger charge is 2.52. The number of pyridine rings is 1. The number of carbonyl (C=O) groups excluding carboxylic acids is 1. The van der Waals surface area contributed by atoms with Crippen LogP contribution in [0.25, 0.3) is 0 Å². The second-order valence-electron chi connectivity index (χ2n) is 6.34. The maximum atomic E-state index is 11.4. The van der Waals surface area contributed by atoms with E-state index < -0.39 is 5.91 Å². The summed E-state index contributed by atoms with van der Waals surface area (Å²) in [6.07, 6.45) is 5.23. The number of likely N-dealkylation sites (tertiary alicyclic amines) is 1. The highest BCUT2D eigenvalue weighted by atomic mass is 35.5. The minimum Gasteiger partial charge on any atom is -0.373 e. The zero-order valence-corrected chi connectivity index (χ0v) is 13.9. The van der Waals surface area contributed by atoms with Crippen LogP contribution in [0.15, 0.2) is 18.3 Å². The van der Waals surface area contributed by atoms with Crippen LogP contribution in [0.5, 0.6) is 0 Å². The number of methoxy groups -OCH3 is 1. The van der Waals surface area contributed by atoms with E-state index in [9.17, 15) is 4.79 Å². The van der Waals surface area contributed by atoms with Crippen LogP contribution in [0.1, 0.15) is 35.3 Å². The Balaban J connectivity index is 0.00000176. The Kier molecular flexibility index (Phi) is 5.10. The molecular weight excluding hydrogens is 302 g/mol. The first-order valence-corrected chi connectivity index (χ1v) is 7.58. The van der Waals surface area contributed by atoms with Crippen molar-refractivity contribution in [2.75, 3.05) is 27.2 Å². The van der Waals surface area contributed by atoms with Gasteiger partial charge in [-0.15, -0.1) is 12.4 Å². The minimum absolute atomic E-state index is 0. The van der Waals surface area contributed by atoms with Crippen molar-refractivity contribution in [3.63, 3.8) is 0 Å². The molecule has 6 heteroatoms. The van der Waals surface area contributed by atoms with E-state index in [1.165, 1.54) is 6.42 Å². The van der Waals surface area contributed by atoms with Crippen LogP contribution in [-0.2, 0) is 10.3 Å². The summed E-state index contributed by atoms with van der Waals surface area (Å²) >= 11 is 0. The van der Waals surface area contributed by atoms with Crippen LogP contribution < -0.4 is 5.73 Å². The molecule has 2 N–H and O–H groups in total. The van der Waals surface area contributed by atoms with Gasteiger partial charge in [0.1, 0.15) is 11.3 Å². The first-order valence-electron chi connectivity index (χ1n) is 7.58. The van der Waals surface area contributed by atoms with E-state index in [0.29, 0.717) is 17.5 Å². The molecule has 22 heavy (non-hydrogen) atoms. The summed E-state index contributed by atoms with van der Waals surface area (Å²) in [5, 5.41) is 0. The first kappa shape index (κ1) is 17.2. The number of ether oxygens (including phenoxy) is 1. The summed E-state index contributed by atoms with van der Waals surface area (Å²) in [6, 6.07) is 3.80. The van der Waals surface area contributed by atoms with Crippen molar-refractivity contribution in [2.24, 2.45) is 17.6 Å². The molecule has 2 heterocycles. The molecule has 1 aromatic heterocycles. The van der Waals surface area contributed by atoms with Gasteiger partial charge in [0.25, 0.3) is 5.91 Å². The number of aromatic nitrogens is 1. The number of piperidine rings is 1. The van der Waals surface area contributed by atoms with Crippen LogP contribution in [0.2, 0.25) is 0 Å². The standard InChI is InChI=1S/C16H23N3O2.ClH/c1-19-9-12-4-3-5-13(10-19)16(12,21-2)11-6-7-18-14(8-11)15(17)20;/h6-8,12-13H,3-5,9-10H2,1-2H3,(H2,17,20);1H. The van der Waals surface area contributed by atoms with Crippen molar-refractivity contribution in [1.29, 1.82) is 0 Å². The highest BCUT2D eigenvalue weighted by molar-refractivity contribution is 5.90. The number of primary amides is 1. The highest BCUT2D eigenvalue weighted by Crippen LogP contribution is 2.51. The Morgan fingerprint density at radius 2 is 2.05 bits per heavy atom. The molecule has 2 unspecified atom stereocenters. The summed E-state index contributed by atoms with van der Waals surface area (Å²) in [7, 11) is 3.97. The lowest BCUT2D eigenvalue weighted by atomic mass is 9.62. The average molecular weight is 326 g/mol. The summed E-state index contributed by atoms with van der Waals surface area (Å²) < 4.78 is 6.11. The van der Waals surface area contributed by atoms with Crippen molar-refractivity contribution in [1.82, 2.24) is 9.88 Å². The van der Waals surface area contributed by atoms with E-state index in [1.54, 1.807) is 13.3 Å². The number of carbonyl (C=O) groups is 1. The van der Waals surface area contributed by atoms with Crippen LogP contribution in [0.3, 0.4) is 0 Å². The Labute approximate surface area is 137 Å². The molecule has 1 saturated heterocycles. The van der Waals surface area contributed by atoms with Gasteiger partial charge in [0.2, 0.25) is 0 Å². The molecular formula is C16H24ClN3O2. The number of halogens is 1. The SMILES string of the molecule is COC1(c2ccnc(C(N)=O)c2)C2CCCC1CN(C)C2.Cl. The topological polar surface area (TPSA) is 68.5 Å². The fraction of sp³-hybridized carbons (Fsp3) is 0.625. The lowest BCUT2D eigenvalue weighted by molar-refractivity contribution is -0.165. The molecule has 0 radical (unpaired) electrons. The van der Waals surface area contributed by atoms with Gasteiger partial charge in [0.15, 0.2) is 0 Å². The number of rotatable bonds is 3. The second kappa shape index (κ2) is 6.52. The van der Waals surface area contributed by atoms with Crippen molar-refractivity contribution in [2.45, 2.75) is 24.9 Å². The lowest BCUT2D eigenvalue weighted by Gasteiger charge is -2.54. The largest absolute Gasteiger partial charge is 0.373 e. The number of fused-ring (bicyclic) bond motifs is 2. The van der Waals surface area contributed by atoms with Gasteiger partial charge in [0, 0.05) is 38.2 Å². The Morgan fingerprint density at radius 1 is 1.41 bits per heavy atom. The predicted molar refractivity (Wildman–Crippen MR) is 87.0 cm³/mol. The van der Waals surface area contributed by atoms with Crippen molar-refractivity contribution < 1.29 is 9.53 Å². The quantitative estimate of drug-likeness (QED) is 0.920. The Bertz CT molecular complexity index is 538. The first-order chi connectivity index (χ1) is 10.1. The van der Waals surface area contributed by atoms with Crippen LogP contribution in [0, 0.1) is 11.8 Å². The van der Waals surface area contributed by atoms with Gasteiger partial charge in [-0.05, 0) is 37.6 Å². The average Bonchev–Trinajstić information content (AvgIpc) is 2.46. The monoisotopic (exact) mass is 325 g/mol. The fourth-order valence-electron chi connectivity index (χ4n) is 4.38. The van der Waals surface area contributed by atoms with Gasteiger partial charge >= 0.3 is 0 Å². The molecule has 1 amide bonds. The van der Waals surface area contributed by atoms with Gasteiger partial charge < -0.3 is 15.4 Å². The molecule has 2 fully saturated rings.